The summed E-state index contributed by atoms with van der Waals surface area (Å²) in [6.07, 6.45) is 0. The van der Waals surface area contributed by atoms with Gasteiger partial charge < -0.3 is 5.73 Å². The molecule has 0 aliphatic carbocycles. The number of hydrogen-bond acceptors (Lipinski definition) is 2. The van der Waals surface area contributed by atoms with Crippen LogP contribution in [0.3, 0.4) is 0 Å². The molecule has 0 unspecified atom stereocenters. The third kappa shape index (κ3) is 2.29. The van der Waals surface area contributed by atoms with Crippen molar-refractivity contribution in [3.63, 3.8) is 0 Å². The molecule has 4 heteroatoms. The van der Waals surface area contributed by atoms with Crippen LogP contribution in [0, 0.1) is 19.7 Å². The van der Waals surface area contributed by atoms with Crippen molar-refractivity contribution in [2.75, 3.05) is 5.73 Å². The lowest BCUT2D eigenvalue weighted by molar-refractivity contribution is 0.633. The zero-order valence-electron chi connectivity index (χ0n) is 12.0. The molecular weight excluding hydrogens is 265 g/mol. The fourth-order valence-corrected chi connectivity index (χ4v) is 2.56. The molecule has 1 heterocycles. The van der Waals surface area contributed by atoms with Gasteiger partial charge in [0.2, 0.25) is 0 Å². The Kier molecular flexibility index (Phi) is 3.22. The van der Waals surface area contributed by atoms with Gasteiger partial charge in [-0.3, -0.25) is 0 Å². The Morgan fingerprint density at radius 1 is 1.05 bits per heavy atom. The summed E-state index contributed by atoms with van der Waals surface area (Å²) in [5.41, 5.74) is 10.3. The number of halogens is 1. The van der Waals surface area contributed by atoms with E-state index in [9.17, 15) is 4.39 Å². The molecule has 3 nitrogen and oxygen atoms in total. The summed E-state index contributed by atoms with van der Waals surface area (Å²) in [5.74, 6) is -0.404. The van der Waals surface area contributed by atoms with Crippen LogP contribution in [0.2, 0.25) is 0 Å². The molecule has 0 bridgehead atoms. The zero-order chi connectivity index (χ0) is 15.0. The number of nitrogen functional groups attached to an aromatic ring is 1. The molecule has 0 radical (unpaired) electrons. The SMILES string of the molecule is Cc1nn(-c2ccccc2)c(C)c1-c1ccc(N)c(F)c1. The van der Waals surface area contributed by atoms with Gasteiger partial charge in [-0.05, 0) is 43.7 Å². The van der Waals surface area contributed by atoms with Gasteiger partial charge in [-0.1, -0.05) is 24.3 Å². The van der Waals surface area contributed by atoms with Gasteiger partial charge in [-0.25, -0.2) is 9.07 Å². The van der Waals surface area contributed by atoms with Gasteiger partial charge in [0.25, 0.3) is 0 Å². The summed E-state index contributed by atoms with van der Waals surface area (Å²) >= 11 is 0. The van der Waals surface area contributed by atoms with Crippen LogP contribution in [-0.4, -0.2) is 9.78 Å². The highest BCUT2D eigenvalue weighted by atomic mass is 19.1. The summed E-state index contributed by atoms with van der Waals surface area (Å²) in [5, 5.41) is 4.57. The first-order chi connectivity index (χ1) is 10.1. The van der Waals surface area contributed by atoms with Gasteiger partial charge in [0, 0.05) is 11.3 Å². The van der Waals surface area contributed by atoms with Crippen LogP contribution in [0.4, 0.5) is 10.1 Å². The second kappa shape index (κ2) is 5.05. The molecule has 1 aromatic heterocycles. The van der Waals surface area contributed by atoms with Crippen LogP contribution in [0.15, 0.2) is 48.5 Å². The van der Waals surface area contributed by atoms with Crippen molar-refractivity contribution in [1.29, 1.82) is 0 Å². The van der Waals surface area contributed by atoms with Gasteiger partial charge in [0.1, 0.15) is 5.82 Å². The molecule has 2 N–H and O–H groups in total. The van der Waals surface area contributed by atoms with E-state index in [1.165, 1.54) is 6.07 Å². The van der Waals surface area contributed by atoms with E-state index in [0.29, 0.717) is 0 Å². The summed E-state index contributed by atoms with van der Waals surface area (Å²) in [7, 11) is 0. The fraction of sp³-hybridized carbons (Fsp3) is 0.118. The highest BCUT2D eigenvalue weighted by molar-refractivity contribution is 5.71. The Hall–Kier alpha value is -2.62. The molecular formula is C17H16FN3. The Balaban J connectivity index is 2.16. The number of anilines is 1. The Morgan fingerprint density at radius 2 is 1.76 bits per heavy atom. The Bertz CT molecular complexity index is 791. The van der Waals surface area contributed by atoms with Crippen LogP contribution in [0.5, 0.6) is 0 Å². The van der Waals surface area contributed by atoms with E-state index in [4.69, 9.17) is 5.73 Å². The van der Waals surface area contributed by atoms with Gasteiger partial charge in [-0.2, -0.15) is 5.10 Å². The molecule has 0 aliphatic heterocycles. The second-order valence-electron chi connectivity index (χ2n) is 5.03. The van der Waals surface area contributed by atoms with Crippen molar-refractivity contribution in [3.05, 3.63) is 65.7 Å². The van der Waals surface area contributed by atoms with Crippen molar-refractivity contribution in [1.82, 2.24) is 9.78 Å². The Labute approximate surface area is 122 Å². The van der Waals surface area contributed by atoms with E-state index >= 15 is 0 Å². The molecule has 0 saturated carbocycles. The third-order valence-electron chi connectivity index (χ3n) is 3.58. The van der Waals surface area contributed by atoms with Crippen LogP contribution >= 0.6 is 0 Å². The molecule has 0 saturated heterocycles. The molecule has 0 atom stereocenters. The maximum Gasteiger partial charge on any atom is 0.146 e. The monoisotopic (exact) mass is 281 g/mol. The van der Waals surface area contributed by atoms with Gasteiger partial charge in [0.05, 0.1) is 17.1 Å². The Morgan fingerprint density at radius 3 is 2.43 bits per heavy atom. The van der Waals surface area contributed by atoms with E-state index in [2.05, 4.69) is 5.10 Å². The van der Waals surface area contributed by atoms with Crippen LogP contribution in [0.25, 0.3) is 16.8 Å². The van der Waals surface area contributed by atoms with Crippen molar-refractivity contribution in [3.8, 4) is 16.8 Å². The molecule has 3 aromatic rings. The van der Waals surface area contributed by atoms with E-state index < -0.39 is 5.82 Å². The number of aromatic nitrogens is 2. The molecule has 0 amide bonds. The molecule has 0 aliphatic rings. The van der Waals surface area contributed by atoms with Crippen LogP contribution < -0.4 is 5.73 Å². The highest BCUT2D eigenvalue weighted by Gasteiger charge is 2.15. The average molecular weight is 281 g/mol. The van der Waals surface area contributed by atoms with Crippen molar-refractivity contribution in [2.45, 2.75) is 13.8 Å². The summed E-state index contributed by atoms with van der Waals surface area (Å²) in [6.45, 7) is 3.91. The highest BCUT2D eigenvalue weighted by Crippen LogP contribution is 2.30. The van der Waals surface area contributed by atoms with Gasteiger partial charge in [0.15, 0.2) is 0 Å². The summed E-state index contributed by atoms with van der Waals surface area (Å²) in [6, 6.07) is 14.8. The number of benzene rings is 2. The molecule has 0 spiro atoms. The van der Waals surface area contributed by atoms with Crippen molar-refractivity contribution >= 4 is 5.69 Å². The molecule has 0 fully saturated rings. The number of rotatable bonds is 2. The first kappa shape index (κ1) is 13.4. The molecule has 21 heavy (non-hydrogen) atoms. The predicted molar refractivity (Wildman–Crippen MR) is 82.8 cm³/mol. The van der Waals surface area contributed by atoms with E-state index in [-0.39, 0.29) is 5.69 Å². The number of hydrogen-bond donors (Lipinski definition) is 1. The minimum Gasteiger partial charge on any atom is -0.396 e. The minimum absolute atomic E-state index is 0.157. The lowest BCUT2D eigenvalue weighted by atomic mass is 10.0. The van der Waals surface area contributed by atoms with E-state index in [1.54, 1.807) is 6.07 Å². The number of nitrogens with two attached hydrogens (primary N) is 1. The lowest BCUT2D eigenvalue weighted by Crippen LogP contribution is -1.98. The van der Waals surface area contributed by atoms with Crippen LogP contribution in [0.1, 0.15) is 11.4 Å². The third-order valence-corrected chi connectivity index (χ3v) is 3.58. The van der Waals surface area contributed by atoms with Crippen molar-refractivity contribution < 1.29 is 4.39 Å². The quantitative estimate of drug-likeness (QED) is 0.724. The maximum absolute atomic E-state index is 13.7. The maximum atomic E-state index is 13.7. The van der Waals surface area contributed by atoms with Crippen LogP contribution in [-0.2, 0) is 0 Å². The normalized spacial score (nSPS) is 10.8. The smallest absolute Gasteiger partial charge is 0.146 e. The standard InChI is InChI=1S/C17H16FN3/c1-11-17(13-8-9-16(19)15(18)10-13)12(2)21(20-11)14-6-4-3-5-7-14/h3-10H,19H2,1-2H3. The largest absolute Gasteiger partial charge is 0.396 e. The fourth-order valence-electron chi connectivity index (χ4n) is 2.56. The second-order valence-corrected chi connectivity index (χ2v) is 5.03. The lowest BCUT2D eigenvalue weighted by Gasteiger charge is -2.06. The zero-order valence-corrected chi connectivity index (χ0v) is 12.0. The average Bonchev–Trinajstić information content (AvgIpc) is 2.78. The minimum atomic E-state index is -0.404. The number of aryl methyl sites for hydroxylation is 1. The van der Waals surface area contributed by atoms with E-state index in [0.717, 1.165) is 28.2 Å². The van der Waals surface area contributed by atoms with Gasteiger partial charge in [-0.15, -0.1) is 0 Å². The molecule has 106 valence electrons. The molecule has 3 rings (SSSR count). The first-order valence-electron chi connectivity index (χ1n) is 6.75. The predicted octanol–water partition coefficient (Wildman–Crippen LogP) is 3.88. The summed E-state index contributed by atoms with van der Waals surface area (Å²) < 4.78 is 15.6. The first-order valence-corrected chi connectivity index (χ1v) is 6.75. The number of nitrogens with zero attached hydrogens (tertiary/aromatic N) is 2. The van der Waals surface area contributed by atoms with Gasteiger partial charge >= 0.3 is 0 Å². The van der Waals surface area contributed by atoms with Crippen molar-refractivity contribution in [2.24, 2.45) is 0 Å². The number of para-hydroxylation sites is 1. The summed E-state index contributed by atoms with van der Waals surface area (Å²) in [4.78, 5) is 0. The van der Waals surface area contributed by atoms with E-state index in [1.807, 2.05) is 54.9 Å². The topological polar surface area (TPSA) is 43.8 Å². The molecule has 2 aromatic carbocycles.